The number of H-pyrrole nitrogens is 1. The van der Waals surface area contributed by atoms with Crippen molar-refractivity contribution in [2.75, 3.05) is 4.72 Å². The molecule has 0 saturated heterocycles. The molecule has 1 heterocycles. The molecule has 0 fully saturated rings. The van der Waals surface area contributed by atoms with Gasteiger partial charge in [0, 0.05) is 6.07 Å². The van der Waals surface area contributed by atoms with Crippen LogP contribution in [0.3, 0.4) is 0 Å². The number of aromatic nitrogens is 2. The zero-order valence-corrected chi connectivity index (χ0v) is 5.96. The van der Waals surface area contributed by atoms with Crippen LogP contribution in [0, 0.1) is 0 Å². The number of hydrogen-bond donors (Lipinski definition) is 2. The van der Waals surface area contributed by atoms with Gasteiger partial charge in [0.25, 0.3) is 0 Å². The first kappa shape index (κ1) is 8.25. The molecule has 0 atom stereocenters. The van der Waals surface area contributed by atoms with Crippen LogP contribution < -0.4 is 4.72 Å². The van der Waals surface area contributed by atoms with Gasteiger partial charge in [-0.3, -0.25) is 5.10 Å². The Bertz CT molecular complexity index is 207. The van der Waals surface area contributed by atoms with E-state index in [-0.39, 0.29) is 17.8 Å². The molecule has 0 saturated carbocycles. The van der Waals surface area contributed by atoms with E-state index in [0.717, 1.165) is 0 Å². The zero-order valence-electron chi connectivity index (χ0n) is 5.14. The average Bonchev–Trinajstić information content (AvgIpc) is 2.32. The maximum Gasteiger partial charge on any atom is 0.461 e. The van der Waals surface area contributed by atoms with E-state index >= 15 is 0 Å². The summed E-state index contributed by atoms with van der Waals surface area (Å²) in [5.74, 6) is 0.229. The highest BCUT2D eigenvalue weighted by molar-refractivity contribution is 8.01. The summed E-state index contributed by atoms with van der Waals surface area (Å²) in [6.07, 6.45) is 1.36. The molecule has 0 aliphatic carbocycles. The van der Waals surface area contributed by atoms with Crippen LogP contribution in [-0.4, -0.2) is 15.7 Å². The number of anilines is 1. The summed E-state index contributed by atoms with van der Waals surface area (Å²) in [6.45, 7) is 0. The van der Waals surface area contributed by atoms with Gasteiger partial charge in [-0.15, -0.1) is 0 Å². The molecular formula is C4H4F3N3S. The first-order chi connectivity index (χ1) is 5.08. The normalized spacial score (nSPS) is 11.5. The van der Waals surface area contributed by atoms with Gasteiger partial charge in [-0.25, -0.2) is 0 Å². The van der Waals surface area contributed by atoms with Crippen molar-refractivity contribution >= 4 is 17.8 Å². The number of nitrogens with one attached hydrogen (secondary N) is 2. The minimum atomic E-state index is -4.27. The Kier molecular flexibility index (Phi) is 2.28. The molecule has 0 spiro atoms. The molecule has 1 aromatic heterocycles. The Labute approximate surface area is 64.5 Å². The van der Waals surface area contributed by atoms with Crippen molar-refractivity contribution in [1.29, 1.82) is 0 Å². The van der Waals surface area contributed by atoms with Gasteiger partial charge >= 0.3 is 5.51 Å². The molecular weight excluding hydrogens is 179 g/mol. The van der Waals surface area contributed by atoms with E-state index in [1.54, 1.807) is 0 Å². The van der Waals surface area contributed by atoms with Crippen LogP contribution in [0.4, 0.5) is 19.0 Å². The Morgan fingerprint density at radius 3 is 2.73 bits per heavy atom. The van der Waals surface area contributed by atoms with Gasteiger partial charge in [0.2, 0.25) is 0 Å². The molecule has 11 heavy (non-hydrogen) atoms. The quantitative estimate of drug-likeness (QED) is 0.689. The van der Waals surface area contributed by atoms with Crippen LogP contribution in [0.2, 0.25) is 0 Å². The lowest BCUT2D eigenvalue weighted by Crippen LogP contribution is -2.04. The minimum Gasteiger partial charge on any atom is -0.308 e. The highest BCUT2D eigenvalue weighted by Crippen LogP contribution is 2.29. The van der Waals surface area contributed by atoms with Crippen LogP contribution in [0.15, 0.2) is 12.3 Å². The molecule has 1 rings (SSSR count). The Hall–Kier alpha value is -0.850. The van der Waals surface area contributed by atoms with E-state index in [4.69, 9.17) is 0 Å². The van der Waals surface area contributed by atoms with Gasteiger partial charge < -0.3 is 4.72 Å². The van der Waals surface area contributed by atoms with Gasteiger partial charge in [0.1, 0.15) is 5.82 Å². The number of nitrogens with zero attached hydrogens (tertiary/aromatic N) is 1. The van der Waals surface area contributed by atoms with Crippen molar-refractivity contribution in [1.82, 2.24) is 10.2 Å². The van der Waals surface area contributed by atoms with E-state index in [2.05, 4.69) is 10.2 Å². The third-order valence-electron chi connectivity index (χ3n) is 0.777. The summed E-state index contributed by atoms with van der Waals surface area (Å²) in [7, 11) is 0. The number of rotatable bonds is 2. The molecule has 0 aliphatic heterocycles. The lowest BCUT2D eigenvalue weighted by molar-refractivity contribution is -0.0323. The fraction of sp³-hybridized carbons (Fsp3) is 0.250. The first-order valence-electron chi connectivity index (χ1n) is 2.58. The van der Waals surface area contributed by atoms with E-state index < -0.39 is 5.51 Å². The van der Waals surface area contributed by atoms with Gasteiger partial charge in [-0.05, 0) is 0 Å². The predicted octanol–water partition coefficient (Wildman–Crippen LogP) is 1.99. The lowest BCUT2D eigenvalue weighted by Gasteiger charge is -2.04. The fourth-order valence-corrected chi connectivity index (χ4v) is 0.765. The third-order valence-corrected chi connectivity index (χ3v) is 1.33. The number of hydrogen-bond acceptors (Lipinski definition) is 3. The molecule has 7 heteroatoms. The maximum atomic E-state index is 11.5. The van der Waals surface area contributed by atoms with Crippen molar-refractivity contribution in [2.45, 2.75) is 5.51 Å². The van der Waals surface area contributed by atoms with E-state index in [9.17, 15) is 13.2 Å². The van der Waals surface area contributed by atoms with Crippen LogP contribution >= 0.6 is 11.9 Å². The number of aromatic amines is 1. The van der Waals surface area contributed by atoms with E-state index in [1.807, 2.05) is 4.72 Å². The van der Waals surface area contributed by atoms with Crippen LogP contribution in [0.1, 0.15) is 0 Å². The second-order valence-electron chi connectivity index (χ2n) is 1.62. The molecule has 0 bridgehead atoms. The molecule has 0 aromatic carbocycles. The van der Waals surface area contributed by atoms with Gasteiger partial charge in [-0.2, -0.15) is 18.3 Å². The van der Waals surface area contributed by atoms with Crippen LogP contribution in [0.25, 0.3) is 0 Å². The zero-order chi connectivity index (χ0) is 8.32. The highest BCUT2D eigenvalue weighted by Gasteiger charge is 2.28. The van der Waals surface area contributed by atoms with Crippen molar-refractivity contribution in [2.24, 2.45) is 0 Å². The van der Waals surface area contributed by atoms with Gasteiger partial charge in [0.15, 0.2) is 0 Å². The summed E-state index contributed by atoms with van der Waals surface area (Å²) in [5, 5.41) is 5.78. The molecule has 2 N–H and O–H groups in total. The number of halogens is 3. The molecule has 0 aliphatic rings. The summed E-state index contributed by atoms with van der Waals surface area (Å²) in [5.41, 5.74) is -4.27. The molecule has 0 radical (unpaired) electrons. The van der Waals surface area contributed by atoms with Crippen molar-refractivity contribution in [3.05, 3.63) is 12.3 Å². The molecule has 1 aromatic rings. The Morgan fingerprint density at radius 1 is 1.55 bits per heavy atom. The van der Waals surface area contributed by atoms with Crippen LogP contribution in [0.5, 0.6) is 0 Å². The molecule has 62 valence electrons. The second kappa shape index (κ2) is 3.04. The average molecular weight is 183 g/mol. The summed E-state index contributed by atoms with van der Waals surface area (Å²) in [6, 6.07) is 1.40. The second-order valence-corrected chi connectivity index (χ2v) is 2.49. The molecule has 0 unspecified atom stereocenters. The summed E-state index contributed by atoms with van der Waals surface area (Å²) in [4.78, 5) is 0. The van der Waals surface area contributed by atoms with Crippen molar-refractivity contribution in [3.8, 4) is 0 Å². The molecule has 3 nitrogen and oxygen atoms in total. The minimum absolute atomic E-state index is 0.229. The smallest absolute Gasteiger partial charge is 0.308 e. The standard InChI is InChI=1S/C4H4F3N3S/c5-4(6,7)11-10-3-1-2-8-9-3/h1-2H,(H2,8,9,10). The Morgan fingerprint density at radius 2 is 2.27 bits per heavy atom. The summed E-state index contributed by atoms with van der Waals surface area (Å²) < 4.78 is 36.6. The van der Waals surface area contributed by atoms with Crippen LogP contribution in [-0.2, 0) is 0 Å². The third kappa shape index (κ3) is 3.17. The van der Waals surface area contributed by atoms with E-state index in [0.29, 0.717) is 0 Å². The SMILES string of the molecule is FC(F)(F)SNc1ccn[nH]1. The van der Waals surface area contributed by atoms with Crippen molar-refractivity contribution < 1.29 is 13.2 Å². The first-order valence-corrected chi connectivity index (χ1v) is 3.40. The van der Waals surface area contributed by atoms with E-state index in [1.165, 1.54) is 12.3 Å². The Balaban J connectivity index is 2.35. The summed E-state index contributed by atoms with van der Waals surface area (Å²) >= 11 is -0.330. The monoisotopic (exact) mass is 183 g/mol. The predicted molar refractivity (Wildman–Crippen MR) is 35.9 cm³/mol. The van der Waals surface area contributed by atoms with Crippen molar-refractivity contribution in [3.63, 3.8) is 0 Å². The molecule has 0 amide bonds. The maximum absolute atomic E-state index is 11.5. The number of alkyl halides is 3. The van der Waals surface area contributed by atoms with Gasteiger partial charge in [0.05, 0.1) is 18.1 Å². The largest absolute Gasteiger partial charge is 0.461 e. The van der Waals surface area contributed by atoms with Gasteiger partial charge in [-0.1, -0.05) is 0 Å². The fourth-order valence-electron chi connectivity index (χ4n) is 0.426. The highest BCUT2D eigenvalue weighted by atomic mass is 32.2. The topological polar surface area (TPSA) is 40.7 Å². The lowest BCUT2D eigenvalue weighted by atomic mass is 10.7.